The molecule has 86 valence electrons. The Morgan fingerprint density at radius 2 is 2.06 bits per heavy atom. The van der Waals surface area contributed by atoms with Crippen LogP contribution in [0, 0.1) is 0 Å². The zero-order chi connectivity index (χ0) is 11.8. The quantitative estimate of drug-likeness (QED) is 0.699. The Kier molecular flexibility index (Phi) is 2.79. The molecular weight excluding hydrogens is 272 g/mol. The molecule has 1 aliphatic rings. The van der Waals surface area contributed by atoms with E-state index in [4.69, 9.17) is 0 Å². The molecule has 2 aromatic carbocycles. The second-order valence-corrected chi connectivity index (χ2v) is 5.47. The lowest BCUT2D eigenvalue weighted by molar-refractivity contribution is 0.976. The molecule has 0 nitrogen and oxygen atoms in total. The Hall–Kier alpha value is -1.08. The van der Waals surface area contributed by atoms with Gasteiger partial charge in [0.15, 0.2) is 0 Å². The van der Waals surface area contributed by atoms with Gasteiger partial charge in [0.2, 0.25) is 0 Å². The molecule has 0 saturated carbocycles. The van der Waals surface area contributed by atoms with Crippen molar-refractivity contribution in [2.45, 2.75) is 26.2 Å². The molecular formula is C16H15Br. The van der Waals surface area contributed by atoms with Crippen molar-refractivity contribution in [3.63, 3.8) is 0 Å². The SMILES string of the molecule is CCCC1=CCc2c(Br)cc3ccccc3c21. The summed E-state index contributed by atoms with van der Waals surface area (Å²) in [5.74, 6) is 0. The van der Waals surface area contributed by atoms with E-state index >= 15 is 0 Å². The van der Waals surface area contributed by atoms with Crippen molar-refractivity contribution in [1.29, 1.82) is 0 Å². The number of rotatable bonds is 2. The van der Waals surface area contributed by atoms with Gasteiger partial charge in [0.05, 0.1) is 0 Å². The van der Waals surface area contributed by atoms with E-state index in [2.05, 4.69) is 59.3 Å². The van der Waals surface area contributed by atoms with Crippen LogP contribution in [0.25, 0.3) is 16.3 Å². The van der Waals surface area contributed by atoms with E-state index in [0.717, 1.165) is 6.42 Å². The van der Waals surface area contributed by atoms with Crippen LogP contribution in [0.4, 0.5) is 0 Å². The summed E-state index contributed by atoms with van der Waals surface area (Å²) in [5.41, 5.74) is 4.48. The molecule has 0 saturated heterocycles. The molecule has 2 aromatic rings. The molecule has 0 atom stereocenters. The van der Waals surface area contributed by atoms with Crippen LogP contribution in [-0.4, -0.2) is 0 Å². The fraction of sp³-hybridized carbons (Fsp3) is 0.250. The van der Waals surface area contributed by atoms with Crippen molar-refractivity contribution in [2.75, 3.05) is 0 Å². The summed E-state index contributed by atoms with van der Waals surface area (Å²) in [5, 5.41) is 2.74. The Balaban J connectivity index is 2.31. The number of benzene rings is 2. The summed E-state index contributed by atoms with van der Waals surface area (Å²) in [4.78, 5) is 0. The lowest BCUT2D eigenvalue weighted by Gasteiger charge is -2.11. The third kappa shape index (κ3) is 1.73. The highest BCUT2D eigenvalue weighted by Gasteiger charge is 2.18. The van der Waals surface area contributed by atoms with Gasteiger partial charge < -0.3 is 0 Å². The third-order valence-corrected chi connectivity index (χ3v) is 4.20. The summed E-state index contributed by atoms with van der Waals surface area (Å²) in [6.07, 6.45) is 5.88. The monoisotopic (exact) mass is 286 g/mol. The minimum absolute atomic E-state index is 1.08. The van der Waals surface area contributed by atoms with E-state index in [9.17, 15) is 0 Å². The van der Waals surface area contributed by atoms with Crippen molar-refractivity contribution in [1.82, 2.24) is 0 Å². The molecule has 0 aromatic heterocycles. The Morgan fingerprint density at radius 3 is 2.88 bits per heavy atom. The van der Waals surface area contributed by atoms with Crippen LogP contribution in [0.1, 0.15) is 30.9 Å². The third-order valence-electron chi connectivity index (χ3n) is 3.50. The maximum atomic E-state index is 3.71. The summed E-state index contributed by atoms with van der Waals surface area (Å²) in [6.45, 7) is 2.25. The van der Waals surface area contributed by atoms with Gasteiger partial charge in [-0.05, 0) is 46.4 Å². The minimum atomic E-state index is 1.08. The molecule has 0 spiro atoms. The van der Waals surface area contributed by atoms with Gasteiger partial charge in [-0.15, -0.1) is 0 Å². The van der Waals surface area contributed by atoms with E-state index in [0.29, 0.717) is 0 Å². The van der Waals surface area contributed by atoms with Gasteiger partial charge in [0.1, 0.15) is 0 Å². The van der Waals surface area contributed by atoms with Crippen molar-refractivity contribution in [3.8, 4) is 0 Å². The van der Waals surface area contributed by atoms with Crippen molar-refractivity contribution >= 4 is 32.3 Å². The van der Waals surface area contributed by atoms with Crippen LogP contribution in [-0.2, 0) is 6.42 Å². The maximum absolute atomic E-state index is 3.71. The molecule has 1 aliphatic carbocycles. The second-order valence-electron chi connectivity index (χ2n) is 4.62. The lowest BCUT2D eigenvalue weighted by Crippen LogP contribution is -1.89. The standard InChI is InChI=1S/C16H15Br/c1-2-5-11-8-9-14-15(17)10-12-6-3-4-7-13(12)16(11)14/h3-4,6-8,10H,2,5,9H2,1H3. The van der Waals surface area contributed by atoms with E-state index < -0.39 is 0 Å². The first-order valence-electron chi connectivity index (χ1n) is 6.20. The molecule has 0 heterocycles. The summed E-state index contributed by atoms with van der Waals surface area (Å²) in [7, 11) is 0. The second kappa shape index (κ2) is 4.30. The fourth-order valence-electron chi connectivity index (χ4n) is 2.75. The molecule has 0 bridgehead atoms. The Bertz CT molecular complexity index is 608. The van der Waals surface area contributed by atoms with Crippen LogP contribution in [0.3, 0.4) is 0 Å². The number of halogens is 1. The van der Waals surface area contributed by atoms with Crippen molar-refractivity contribution in [2.24, 2.45) is 0 Å². The highest BCUT2D eigenvalue weighted by molar-refractivity contribution is 9.10. The molecule has 1 heteroatoms. The normalized spacial score (nSPS) is 13.9. The number of hydrogen-bond acceptors (Lipinski definition) is 0. The predicted molar refractivity (Wildman–Crippen MR) is 78.2 cm³/mol. The highest BCUT2D eigenvalue weighted by atomic mass is 79.9. The van der Waals surface area contributed by atoms with Gasteiger partial charge in [-0.25, -0.2) is 0 Å². The molecule has 0 N–H and O–H groups in total. The largest absolute Gasteiger partial charge is 0.0762 e. The van der Waals surface area contributed by atoms with Gasteiger partial charge in [-0.2, -0.15) is 0 Å². The van der Waals surface area contributed by atoms with Crippen LogP contribution in [0.5, 0.6) is 0 Å². The first-order chi connectivity index (χ1) is 8.31. The number of hydrogen-bond donors (Lipinski definition) is 0. The van der Waals surface area contributed by atoms with Gasteiger partial charge in [0, 0.05) is 4.47 Å². The van der Waals surface area contributed by atoms with E-state index in [1.54, 1.807) is 0 Å². The van der Waals surface area contributed by atoms with Crippen LogP contribution < -0.4 is 0 Å². The zero-order valence-electron chi connectivity index (χ0n) is 9.96. The van der Waals surface area contributed by atoms with Crippen molar-refractivity contribution in [3.05, 3.63) is 52.0 Å². The fourth-order valence-corrected chi connectivity index (χ4v) is 3.35. The lowest BCUT2D eigenvalue weighted by atomic mass is 9.95. The Labute approximate surface area is 110 Å². The topological polar surface area (TPSA) is 0 Å². The summed E-state index contributed by atoms with van der Waals surface area (Å²) >= 11 is 3.71. The number of fused-ring (bicyclic) bond motifs is 3. The van der Waals surface area contributed by atoms with E-state index in [1.165, 1.54) is 44.8 Å². The van der Waals surface area contributed by atoms with Crippen molar-refractivity contribution < 1.29 is 0 Å². The van der Waals surface area contributed by atoms with Crippen LogP contribution in [0.15, 0.2) is 40.9 Å². The van der Waals surface area contributed by atoms with Gasteiger partial charge in [-0.3, -0.25) is 0 Å². The van der Waals surface area contributed by atoms with E-state index in [1.807, 2.05) is 0 Å². The predicted octanol–water partition coefficient (Wildman–Crippen LogP) is 5.34. The minimum Gasteiger partial charge on any atom is -0.0762 e. The van der Waals surface area contributed by atoms with Crippen LogP contribution >= 0.6 is 15.9 Å². The molecule has 0 radical (unpaired) electrons. The molecule has 0 fully saturated rings. The Morgan fingerprint density at radius 1 is 1.24 bits per heavy atom. The number of allylic oxidation sites excluding steroid dienone is 2. The molecule has 0 aliphatic heterocycles. The maximum Gasteiger partial charge on any atom is 0.0222 e. The zero-order valence-corrected chi connectivity index (χ0v) is 11.5. The molecule has 0 unspecified atom stereocenters. The molecule has 0 amide bonds. The first kappa shape index (κ1) is 11.0. The van der Waals surface area contributed by atoms with Gasteiger partial charge in [0.25, 0.3) is 0 Å². The summed E-state index contributed by atoms with van der Waals surface area (Å²) in [6, 6.07) is 10.9. The van der Waals surface area contributed by atoms with Crippen LogP contribution in [0.2, 0.25) is 0 Å². The average Bonchev–Trinajstić information content (AvgIpc) is 2.75. The van der Waals surface area contributed by atoms with Gasteiger partial charge in [-0.1, -0.05) is 59.6 Å². The highest BCUT2D eigenvalue weighted by Crippen LogP contribution is 2.40. The molecule has 17 heavy (non-hydrogen) atoms. The van der Waals surface area contributed by atoms with E-state index in [-0.39, 0.29) is 0 Å². The average molecular weight is 287 g/mol. The molecule has 3 rings (SSSR count). The van der Waals surface area contributed by atoms with Gasteiger partial charge >= 0.3 is 0 Å². The smallest absolute Gasteiger partial charge is 0.0222 e. The first-order valence-corrected chi connectivity index (χ1v) is 7.00. The summed E-state index contributed by atoms with van der Waals surface area (Å²) < 4.78 is 1.26.